The van der Waals surface area contributed by atoms with Crippen LogP contribution in [0.5, 0.6) is 0 Å². The fraction of sp³-hybridized carbons (Fsp3) is 0.167. The Morgan fingerprint density at radius 2 is 1.75 bits per heavy atom. The molecule has 2 aromatic carbocycles. The molecule has 0 aliphatic heterocycles. The van der Waals surface area contributed by atoms with Crippen LogP contribution < -0.4 is 4.72 Å². The Morgan fingerprint density at radius 1 is 1.04 bits per heavy atom. The van der Waals surface area contributed by atoms with Gasteiger partial charge in [-0.3, -0.25) is 9.17 Å². The maximum atomic E-state index is 12.6. The molecular formula is C18H17ClN2O5S2. The second-order valence-corrected chi connectivity index (χ2v) is 9.69. The summed E-state index contributed by atoms with van der Waals surface area (Å²) in [6.07, 6.45) is 1.52. The van der Waals surface area contributed by atoms with E-state index in [4.69, 9.17) is 15.8 Å². The average Bonchev–Trinajstić information content (AvgIpc) is 2.66. The van der Waals surface area contributed by atoms with Gasteiger partial charge in [-0.2, -0.15) is 8.42 Å². The van der Waals surface area contributed by atoms with Gasteiger partial charge in [0.2, 0.25) is 10.0 Å². The van der Waals surface area contributed by atoms with E-state index in [2.05, 4.69) is 9.71 Å². The highest BCUT2D eigenvalue weighted by Crippen LogP contribution is 2.27. The van der Waals surface area contributed by atoms with Crippen LogP contribution in [0.15, 0.2) is 64.5 Å². The number of nitrogens with one attached hydrogen (secondary N) is 1. The molecular weight excluding hydrogens is 424 g/mol. The molecule has 0 saturated carbocycles. The Kier molecular flexibility index (Phi) is 6.01. The van der Waals surface area contributed by atoms with Crippen molar-refractivity contribution in [3.05, 3.63) is 65.3 Å². The van der Waals surface area contributed by atoms with Crippen LogP contribution in [0.2, 0.25) is 5.02 Å². The van der Waals surface area contributed by atoms with Crippen molar-refractivity contribution >= 4 is 42.6 Å². The zero-order valence-corrected chi connectivity index (χ0v) is 17.2. The summed E-state index contributed by atoms with van der Waals surface area (Å²) in [5, 5.41) is 0.706. The van der Waals surface area contributed by atoms with Gasteiger partial charge in [0.15, 0.2) is 0 Å². The van der Waals surface area contributed by atoms with Crippen LogP contribution in [0.25, 0.3) is 10.9 Å². The first kappa shape index (κ1) is 20.7. The number of hydrogen-bond donors (Lipinski definition) is 1. The molecule has 0 amide bonds. The summed E-state index contributed by atoms with van der Waals surface area (Å²) in [4.78, 5) is 4.11. The van der Waals surface area contributed by atoms with Gasteiger partial charge in [-0.15, -0.1) is 0 Å². The third kappa shape index (κ3) is 4.50. The highest BCUT2D eigenvalue weighted by Gasteiger charge is 2.20. The van der Waals surface area contributed by atoms with E-state index in [1.165, 1.54) is 30.5 Å². The van der Waals surface area contributed by atoms with Crippen LogP contribution in [-0.4, -0.2) is 35.0 Å². The Balaban J connectivity index is 1.70. The van der Waals surface area contributed by atoms with Gasteiger partial charge in [-0.25, -0.2) is 13.1 Å². The van der Waals surface area contributed by atoms with Crippen molar-refractivity contribution in [2.24, 2.45) is 0 Å². The lowest BCUT2D eigenvalue weighted by Gasteiger charge is -2.10. The Labute approximate surface area is 168 Å². The summed E-state index contributed by atoms with van der Waals surface area (Å²) in [6, 6.07) is 12.2. The van der Waals surface area contributed by atoms with Crippen molar-refractivity contribution in [1.29, 1.82) is 0 Å². The van der Waals surface area contributed by atoms with Crippen LogP contribution in [0.3, 0.4) is 0 Å². The molecule has 0 aliphatic carbocycles. The van der Waals surface area contributed by atoms with Crippen LogP contribution in [-0.2, 0) is 24.3 Å². The first-order valence-corrected chi connectivity index (χ1v) is 11.5. The minimum atomic E-state index is -3.96. The molecule has 0 bridgehead atoms. The molecule has 0 fully saturated rings. The van der Waals surface area contributed by atoms with E-state index >= 15 is 0 Å². The van der Waals surface area contributed by atoms with Crippen molar-refractivity contribution in [2.45, 2.75) is 16.7 Å². The van der Waals surface area contributed by atoms with Crippen molar-refractivity contribution in [2.75, 3.05) is 13.2 Å². The van der Waals surface area contributed by atoms with Crippen molar-refractivity contribution in [1.82, 2.24) is 9.71 Å². The summed E-state index contributed by atoms with van der Waals surface area (Å²) in [6.45, 7) is 1.26. The standard InChI is InChI=1S/C18H17ClN2O5S2/c1-13-4-6-14(7-5-13)28(24,25)26-12-11-21-27(22,23)17-9-8-16(19)18-15(17)3-2-10-20-18/h2-10,21H,11-12H2,1H3. The summed E-state index contributed by atoms with van der Waals surface area (Å²) in [5.74, 6) is 0. The highest BCUT2D eigenvalue weighted by atomic mass is 35.5. The number of hydrogen-bond acceptors (Lipinski definition) is 6. The van der Waals surface area contributed by atoms with Crippen molar-refractivity contribution < 1.29 is 21.0 Å². The molecule has 1 heterocycles. The van der Waals surface area contributed by atoms with Gasteiger partial charge in [0.05, 0.1) is 26.9 Å². The maximum Gasteiger partial charge on any atom is 0.297 e. The molecule has 10 heteroatoms. The first-order valence-electron chi connectivity index (χ1n) is 8.20. The summed E-state index contributed by atoms with van der Waals surface area (Å²) >= 11 is 6.06. The first-order chi connectivity index (χ1) is 13.2. The van der Waals surface area contributed by atoms with E-state index in [0.29, 0.717) is 15.9 Å². The number of pyridine rings is 1. The second-order valence-electron chi connectivity index (χ2n) is 5.93. The van der Waals surface area contributed by atoms with Crippen LogP contribution in [0.1, 0.15) is 5.56 Å². The highest BCUT2D eigenvalue weighted by molar-refractivity contribution is 7.89. The largest absolute Gasteiger partial charge is 0.297 e. The third-order valence-electron chi connectivity index (χ3n) is 3.91. The molecule has 0 aliphatic rings. The lowest BCUT2D eigenvalue weighted by Crippen LogP contribution is -2.28. The molecule has 0 atom stereocenters. The minimum Gasteiger partial charge on any atom is -0.265 e. The van der Waals surface area contributed by atoms with Gasteiger partial charge in [0, 0.05) is 18.1 Å². The lowest BCUT2D eigenvalue weighted by molar-refractivity contribution is 0.322. The molecule has 28 heavy (non-hydrogen) atoms. The molecule has 1 aromatic heterocycles. The molecule has 0 spiro atoms. The SMILES string of the molecule is Cc1ccc(S(=O)(=O)OCCNS(=O)(=O)c2ccc(Cl)c3ncccc23)cc1. The van der Waals surface area contributed by atoms with Gasteiger partial charge in [0.1, 0.15) is 0 Å². The number of fused-ring (bicyclic) bond motifs is 1. The fourth-order valence-electron chi connectivity index (χ4n) is 2.52. The average molecular weight is 441 g/mol. The molecule has 0 unspecified atom stereocenters. The number of aromatic nitrogens is 1. The number of nitrogens with zero attached hydrogens (tertiary/aromatic N) is 1. The van der Waals surface area contributed by atoms with Gasteiger partial charge in [-0.1, -0.05) is 29.3 Å². The summed E-state index contributed by atoms with van der Waals surface area (Å²) < 4.78 is 56.7. The van der Waals surface area contributed by atoms with Crippen LogP contribution in [0, 0.1) is 6.92 Å². The number of aryl methyl sites for hydroxylation is 1. The van der Waals surface area contributed by atoms with E-state index < -0.39 is 20.1 Å². The topological polar surface area (TPSA) is 102 Å². The van der Waals surface area contributed by atoms with Crippen LogP contribution >= 0.6 is 11.6 Å². The molecule has 1 N–H and O–H groups in total. The smallest absolute Gasteiger partial charge is 0.265 e. The Morgan fingerprint density at radius 3 is 2.46 bits per heavy atom. The van der Waals surface area contributed by atoms with E-state index in [1.54, 1.807) is 24.3 Å². The lowest BCUT2D eigenvalue weighted by atomic mass is 10.2. The van der Waals surface area contributed by atoms with Crippen molar-refractivity contribution in [3.63, 3.8) is 0 Å². The predicted molar refractivity (Wildman–Crippen MR) is 106 cm³/mol. The molecule has 148 valence electrons. The van der Waals surface area contributed by atoms with Gasteiger partial charge in [-0.05, 0) is 43.3 Å². The Bertz CT molecular complexity index is 1210. The van der Waals surface area contributed by atoms with E-state index in [1.807, 2.05) is 6.92 Å². The fourth-order valence-corrected chi connectivity index (χ4v) is 4.86. The zero-order chi connectivity index (χ0) is 20.4. The van der Waals surface area contributed by atoms with Gasteiger partial charge in [0.25, 0.3) is 10.1 Å². The minimum absolute atomic E-state index is 0.00129. The normalized spacial score (nSPS) is 12.4. The molecule has 0 radical (unpaired) electrons. The quantitative estimate of drug-likeness (QED) is 0.447. The molecule has 0 saturated heterocycles. The molecule has 7 nitrogen and oxygen atoms in total. The monoisotopic (exact) mass is 440 g/mol. The van der Waals surface area contributed by atoms with E-state index in [0.717, 1.165) is 5.56 Å². The van der Waals surface area contributed by atoms with Gasteiger partial charge >= 0.3 is 0 Å². The third-order valence-corrected chi connectivity index (χ3v) is 7.06. The van der Waals surface area contributed by atoms with Crippen molar-refractivity contribution in [3.8, 4) is 0 Å². The molecule has 3 rings (SSSR count). The van der Waals surface area contributed by atoms with Gasteiger partial charge < -0.3 is 0 Å². The molecule has 3 aromatic rings. The van der Waals surface area contributed by atoms with E-state index in [-0.39, 0.29) is 22.9 Å². The Hall–Kier alpha value is -2.04. The number of sulfonamides is 1. The maximum absolute atomic E-state index is 12.6. The second kappa shape index (κ2) is 8.14. The zero-order valence-electron chi connectivity index (χ0n) is 14.8. The number of halogens is 1. The predicted octanol–water partition coefficient (Wildman–Crippen LogP) is 2.88. The number of benzene rings is 2. The number of rotatable bonds is 7. The summed E-state index contributed by atoms with van der Waals surface area (Å²) in [5.41, 5.74) is 1.28. The van der Waals surface area contributed by atoms with Crippen LogP contribution in [0.4, 0.5) is 0 Å². The van der Waals surface area contributed by atoms with E-state index in [9.17, 15) is 16.8 Å². The summed E-state index contributed by atoms with van der Waals surface area (Å²) in [7, 11) is -7.88.